The van der Waals surface area contributed by atoms with Gasteiger partial charge in [-0.15, -0.1) is 0 Å². The summed E-state index contributed by atoms with van der Waals surface area (Å²) in [5.41, 5.74) is 4.47. The van der Waals surface area contributed by atoms with Crippen LogP contribution in [0.15, 0.2) is 73.1 Å². The lowest BCUT2D eigenvalue weighted by atomic mass is 10.1. The van der Waals surface area contributed by atoms with Gasteiger partial charge in [0.1, 0.15) is 11.4 Å². The third-order valence-electron chi connectivity index (χ3n) is 4.41. The van der Waals surface area contributed by atoms with Gasteiger partial charge in [0.2, 0.25) is 0 Å². The molecular formula is C22H18F2N4O2. The van der Waals surface area contributed by atoms with Crippen LogP contribution in [0.3, 0.4) is 0 Å². The van der Waals surface area contributed by atoms with Gasteiger partial charge in [-0.3, -0.25) is 0 Å². The van der Waals surface area contributed by atoms with Crippen LogP contribution in [0.25, 0.3) is 16.9 Å². The van der Waals surface area contributed by atoms with Crippen molar-refractivity contribution in [3.05, 3.63) is 78.6 Å². The minimum absolute atomic E-state index is 0.0352. The number of aryl methyl sites for hydroxylation is 1. The Hall–Kier alpha value is -3.94. The summed E-state index contributed by atoms with van der Waals surface area (Å²) in [6.45, 7) is -0.935. The summed E-state index contributed by atoms with van der Waals surface area (Å²) in [5, 5.41) is 5.33. The summed E-state index contributed by atoms with van der Waals surface area (Å²) in [6.07, 6.45) is 3.86. The number of fused-ring (bicyclic) bond motifs is 1. The molecule has 0 radical (unpaired) electrons. The van der Waals surface area contributed by atoms with Crippen LogP contribution in [-0.4, -0.2) is 22.0 Å². The summed E-state index contributed by atoms with van der Waals surface area (Å²) in [5.74, 6) is -0.0352. The smallest absolute Gasteiger partial charge is 0.387 e. The molecule has 2 amide bonds. The fourth-order valence-electron chi connectivity index (χ4n) is 3.09. The fraction of sp³-hybridized carbons (Fsp3) is 0.0909. The number of carbonyl (C=O) groups is 1. The van der Waals surface area contributed by atoms with E-state index in [1.165, 1.54) is 18.2 Å². The molecular weight excluding hydrogens is 390 g/mol. The van der Waals surface area contributed by atoms with Gasteiger partial charge in [0, 0.05) is 35.4 Å². The van der Waals surface area contributed by atoms with Gasteiger partial charge in [-0.05, 0) is 42.8 Å². The molecule has 0 bridgehead atoms. The number of hydrogen-bond acceptors (Lipinski definition) is 3. The minimum Gasteiger partial charge on any atom is -0.435 e. The summed E-state index contributed by atoms with van der Waals surface area (Å²) < 4.78 is 31.0. The van der Waals surface area contributed by atoms with Crippen molar-refractivity contribution in [2.45, 2.75) is 13.5 Å². The highest BCUT2D eigenvalue weighted by molar-refractivity contribution is 6.00. The lowest BCUT2D eigenvalue weighted by Gasteiger charge is -2.10. The van der Waals surface area contributed by atoms with Gasteiger partial charge < -0.3 is 19.8 Å². The average molecular weight is 408 g/mol. The molecule has 6 nitrogen and oxygen atoms in total. The quantitative estimate of drug-likeness (QED) is 0.455. The van der Waals surface area contributed by atoms with E-state index in [0.29, 0.717) is 11.4 Å². The number of imidazole rings is 1. The van der Waals surface area contributed by atoms with Crippen LogP contribution >= 0.6 is 0 Å². The normalized spacial score (nSPS) is 10.9. The number of ether oxygens (including phenoxy) is 1. The van der Waals surface area contributed by atoms with Gasteiger partial charge >= 0.3 is 12.6 Å². The predicted molar refractivity (Wildman–Crippen MR) is 111 cm³/mol. The lowest BCUT2D eigenvalue weighted by Crippen LogP contribution is -2.19. The fourth-order valence-corrected chi connectivity index (χ4v) is 3.09. The second kappa shape index (κ2) is 8.20. The largest absolute Gasteiger partial charge is 0.435 e. The van der Waals surface area contributed by atoms with Crippen LogP contribution in [0.5, 0.6) is 5.75 Å². The van der Waals surface area contributed by atoms with E-state index >= 15 is 0 Å². The van der Waals surface area contributed by atoms with Crippen molar-refractivity contribution in [3.8, 4) is 17.0 Å². The standard InChI is InChI=1S/C22H18F2N4O2/c1-14-5-4-10-28-13-19(27-20(14)28)15-6-2-7-16(11-15)25-22(29)26-17-8-3-9-18(12-17)30-21(23)24/h2-13,21H,1H3,(H2,25,26,29). The van der Waals surface area contributed by atoms with Crippen LogP contribution in [0.4, 0.5) is 25.0 Å². The van der Waals surface area contributed by atoms with Crippen molar-refractivity contribution in [2.24, 2.45) is 0 Å². The number of benzene rings is 2. The molecule has 0 saturated carbocycles. The third kappa shape index (κ3) is 4.38. The van der Waals surface area contributed by atoms with Crippen molar-refractivity contribution in [1.29, 1.82) is 0 Å². The summed E-state index contributed by atoms with van der Waals surface area (Å²) in [4.78, 5) is 17.0. The average Bonchev–Trinajstić information content (AvgIpc) is 3.14. The molecule has 0 aliphatic carbocycles. The number of carbonyl (C=O) groups excluding carboxylic acids is 1. The first kappa shape index (κ1) is 19.4. The van der Waals surface area contributed by atoms with Crippen LogP contribution in [-0.2, 0) is 0 Å². The Balaban J connectivity index is 1.49. The molecule has 0 fully saturated rings. The maximum absolute atomic E-state index is 12.3. The van der Waals surface area contributed by atoms with Crippen LogP contribution in [0.1, 0.15) is 5.56 Å². The number of alkyl halides is 2. The van der Waals surface area contributed by atoms with Crippen molar-refractivity contribution < 1.29 is 18.3 Å². The molecule has 2 aromatic heterocycles. The maximum atomic E-state index is 12.3. The summed E-state index contributed by atoms with van der Waals surface area (Å²) in [6, 6.07) is 16.5. The maximum Gasteiger partial charge on any atom is 0.387 e. The van der Waals surface area contributed by atoms with E-state index in [2.05, 4.69) is 20.4 Å². The number of anilines is 2. The number of aromatic nitrogens is 2. The molecule has 4 rings (SSSR count). The van der Waals surface area contributed by atoms with E-state index in [1.54, 1.807) is 12.1 Å². The molecule has 30 heavy (non-hydrogen) atoms. The molecule has 0 spiro atoms. The molecule has 2 N–H and O–H groups in total. The van der Waals surface area contributed by atoms with Gasteiger partial charge in [0.15, 0.2) is 0 Å². The topological polar surface area (TPSA) is 67.7 Å². The zero-order valence-corrected chi connectivity index (χ0v) is 16.0. The molecule has 0 atom stereocenters. The number of hydrogen-bond donors (Lipinski definition) is 2. The first-order chi connectivity index (χ1) is 14.5. The van der Waals surface area contributed by atoms with E-state index in [9.17, 15) is 13.6 Å². The first-order valence-electron chi connectivity index (χ1n) is 9.15. The van der Waals surface area contributed by atoms with Crippen molar-refractivity contribution in [2.75, 3.05) is 10.6 Å². The number of amides is 2. The van der Waals surface area contributed by atoms with Crippen molar-refractivity contribution in [3.63, 3.8) is 0 Å². The van der Waals surface area contributed by atoms with E-state index in [0.717, 1.165) is 22.5 Å². The highest BCUT2D eigenvalue weighted by atomic mass is 19.3. The Bertz CT molecular complexity index is 1210. The lowest BCUT2D eigenvalue weighted by molar-refractivity contribution is -0.0497. The van der Waals surface area contributed by atoms with Gasteiger partial charge in [-0.2, -0.15) is 8.78 Å². The Morgan fingerprint density at radius 2 is 1.77 bits per heavy atom. The number of urea groups is 1. The second-order valence-corrected chi connectivity index (χ2v) is 6.61. The number of rotatable bonds is 5. The number of nitrogens with one attached hydrogen (secondary N) is 2. The molecule has 8 heteroatoms. The monoisotopic (exact) mass is 408 g/mol. The SMILES string of the molecule is Cc1cccn2cc(-c3cccc(NC(=O)Nc4cccc(OC(F)F)c4)c3)nc12. The number of nitrogens with zero attached hydrogens (tertiary/aromatic N) is 2. The first-order valence-corrected chi connectivity index (χ1v) is 9.15. The number of pyridine rings is 1. The molecule has 0 saturated heterocycles. The predicted octanol–water partition coefficient (Wildman–Crippen LogP) is 5.56. The highest BCUT2D eigenvalue weighted by Gasteiger charge is 2.09. The van der Waals surface area contributed by atoms with Crippen LogP contribution in [0, 0.1) is 6.92 Å². The molecule has 152 valence electrons. The van der Waals surface area contributed by atoms with E-state index < -0.39 is 12.6 Å². The van der Waals surface area contributed by atoms with Gasteiger partial charge in [0.05, 0.1) is 5.69 Å². The molecule has 0 aliphatic heterocycles. The Labute approximate surface area is 171 Å². The summed E-state index contributed by atoms with van der Waals surface area (Å²) >= 11 is 0. The van der Waals surface area contributed by atoms with Crippen LogP contribution in [0.2, 0.25) is 0 Å². The molecule has 2 heterocycles. The van der Waals surface area contributed by atoms with E-state index in [-0.39, 0.29) is 5.75 Å². The molecule has 4 aromatic rings. The van der Waals surface area contributed by atoms with Crippen molar-refractivity contribution >= 4 is 23.1 Å². The molecule has 2 aromatic carbocycles. The van der Waals surface area contributed by atoms with E-state index in [1.807, 2.05) is 54.0 Å². The summed E-state index contributed by atoms with van der Waals surface area (Å²) in [7, 11) is 0. The molecule has 0 aliphatic rings. The second-order valence-electron chi connectivity index (χ2n) is 6.61. The van der Waals surface area contributed by atoms with E-state index in [4.69, 9.17) is 0 Å². The Morgan fingerprint density at radius 1 is 1.03 bits per heavy atom. The zero-order valence-electron chi connectivity index (χ0n) is 16.0. The third-order valence-corrected chi connectivity index (χ3v) is 4.41. The van der Waals surface area contributed by atoms with Gasteiger partial charge in [0.25, 0.3) is 0 Å². The highest BCUT2D eigenvalue weighted by Crippen LogP contribution is 2.24. The van der Waals surface area contributed by atoms with Gasteiger partial charge in [-0.1, -0.05) is 24.3 Å². The van der Waals surface area contributed by atoms with Crippen molar-refractivity contribution in [1.82, 2.24) is 9.38 Å². The minimum atomic E-state index is -2.93. The zero-order chi connectivity index (χ0) is 21.1. The van der Waals surface area contributed by atoms with Crippen LogP contribution < -0.4 is 15.4 Å². The Morgan fingerprint density at radius 3 is 2.50 bits per heavy atom. The van der Waals surface area contributed by atoms with Gasteiger partial charge in [-0.25, -0.2) is 9.78 Å². The number of halogens is 2. The Kier molecular flexibility index (Phi) is 5.30. The molecule has 0 unspecified atom stereocenters.